The van der Waals surface area contributed by atoms with Crippen LogP contribution in [-0.2, 0) is 0 Å². The van der Waals surface area contributed by atoms with E-state index < -0.39 is 0 Å². The van der Waals surface area contributed by atoms with Gasteiger partial charge in [0.1, 0.15) is 0 Å². The molecule has 1 aliphatic rings. The first-order valence-electron chi connectivity index (χ1n) is 7.05. The van der Waals surface area contributed by atoms with Gasteiger partial charge in [0.05, 0.1) is 0 Å². The molecule has 1 saturated carbocycles. The van der Waals surface area contributed by atoms with Crippen molar-refractivity contribution in [1.29, 1.82) is 0 Å². The minimum atomic E-state index is 0.291. The summed E-state index contributed by atoms with van der Waals surface area (Å²) in [6, 6.07) is 0. The van der Waals surface area contributed by atoms with Crippen LogP contribution in [-0.4, -0.2) is 11.7 Å². The summed E-state index contributed by atoms with van der Waals surface area (Å²) < 4.78 is 0. The van der Waals surface area contributed by atoms with Gasteiger partial charge in [0, 0.05) is 6.61 Å². The van der Waals surface area contributed by atoms with Gasteiger partial charge in [-0.15, -0.1) is 0 Å². The van der Waals surface area contributed by atoms with E-state index >= 15 is 0 Å². The van der Waals surface area contributed by atoms with Crippen LogP contribution in [0, 0.1) is 5.41 Å². The molecule has 0 amide bonds. The molecule has 16 heavy (non-hydrogen) atoms. The summed E-state index contributed by atoms with van der Waals surface area (Å²) in [6.45, 7) is 10.4. The van der Waals surface area contributed by atoms with Crippen LogP contribution in [0.3, 0.4) is 0 Å². The lowest BCUT2D eigenvalue weighted by Crippen LogP contribution is -2.20. The standard InChI is InChI=1S/C11H20O.2C2H6/c1-2-3-4-7-11(10-12)8-5-6-9-11;2*1-2/h2-3,12H,4-10H2,1H3;2*1-2H3/b3-2+;;. The summed E-state index contributed by atoms with van der Waals surface area (Å²) in [5, 5.41) is 9.29. The lowest BCUT2D eigenvalue weighted by atomic mass is 9.82. The van der Waals surface area contributed by atoms with Crippen molar-refractivity contribution in [3.05, 3.63) is 12.2 Å². The molecule has 98 valence electrons. The van der Waals surface area contributed by atoms with Crippen molar-refractivity contribution in [3.63, 3.8) is 0 Å². The van der Waals surface area contributed by atoms with Crippen molar-refractivity contribution in [2.24, 2.45) is 5.41 Å². The smallest absolute Gasteiger partial charge is 0.0487 e. The predicted molar refractivity (Wildman–Crippen MR) is 74.7 cm³/mol. The molecule has 0 saturated heterocycles. The molecule has 1 nitrogen and oxygen atoms in total. The molecule has 0 aromatic rings. The number of aliphatic hydroxyl groups excluding tert-OH is 1. The predicted octanol–water partition coefficient (Wildman–Crippen LogP) is 4.95. The fourth-order valence-electron chi connectivity index (χ4n) is 2.17. The third-order valence-electron chi connectivity index (χ3n) is 3.08. The van der Waals surface area contributed by atoms with E-state index in [9.17, 15) is 5.11 Å². The molecule has 1 rings (SSSR count). The second kappa shape index (κ2) is 12.8. The number of rotatable bonds is 4. The summed E-state index contributed by atoms with van der Waals surface area (Å²) in [6.07, 6.45) is 11.7. The molecule has 1 heteroatoms. The van der Waals surface area contributed by atoms with Crippen molar-refractivity contribution in [1.82, 2.24) is 0 Å². The van der Waals surface area contributed by atoms with Gasteiger partial charge in [-0.1, -0.05) is 52.7 Å². The third-order valence-corrected chi connectivity index (χ3v) is 3.08. The largest absolute Gasteiger partial charge is 0.396 e. The van der Waals surface area contributed by atoms with Crippen LogP contribution in [0.2, 0.25) is 0 Å². The topological polar surface area (TPSA) is 20.2 Å². The molecular formula is C15H32O. The summed E-state index contributed by atoms with van der Waals surface area (Å²) in [7, 11) is 0. The van der Waals surface area contributed by atoms with Crippen LogP contribution in [0.15, 0.2) is 12.2 Å². The Labute approximate surface area is 103 Å². The van der Waals surface area contributed by atoms with Gasteiger partial charge in [-0.05, 0) is 38.0 Å². The maximum Gasteiger partial charge on any atom is 0.0487 e. The SMILES string of the molecule is C/C=C/CCC1(CO)CCCC1.CC.CC. The van der Waals surface area contributed by atoms with E-state index in [2.05, 4.69) is 19.1 Å². The highest BCUT2D eigenvalue weighted by molar-refractivity contribution is 4.87. The Balaban J connectivity index is 0. The highest BCUT2D eigenvalue weighted by Gasteiger charge is 2.31. The lowest BCUT2D eigenvalue weighted by Gasteiger charge is -2.25. The van der Waals surface area contributed by atoms with E-state index in [4.69, 9.17) is 0 Å². The number of hydrogen-bond acceptors (Lipinski definition) is 1. The minimum absolute atomic E-state index is 0.291. The van der Waals surface area contributed by atoms with Gasteiger partial charge >= 0.3 is 0 Å². The Morgan fingerprint density at radius 2 is 1.56 bits per heavy atom. The molecule has 1 fully saturated rings. The van der Waals surface area contributed by atoms with Crippen molar-refractivity contribution < 1.29 is 5.11 Å². The number of allylic oxidation sites excluding steroid dienone is 2. The molecule has 0 aromatic carbocycles. The van der Waals surface area contributed by atoms with Crippen molar-refractivity contribution in [2.75, 3.05) is 6.61 Å². The Bertz CT molecular complexity index is 144. The molecule has 0 aromatic heterocycles. The summed E-state index contributed by atoms with van der Waals surface area (Å²) in [5.74, 6) is 0. The molecule has 0 heterocycles. The highest BCUT2D eigenvalue weighted by Crippen LogP contribution is 2.41. The Kier molecular flexibility index (Phi) is 14.4. The number of aliphatic hydroxyl groups is 1. The van der Waals surface area contributed by atoms with Gasteiger partial charge in [0.25, 0.3) is 0 Å². The van der Waals surface area contributed by atoms with Crippen molar-refractivity contribution >= 4 is 0 Å². The molecule has 0 bridgehead atoms. The highest BCUT2D eigenvalue weighted by atomic mass is 16.3. The van der Waals surface area contributed by atoms with E-state index in [0.717, 1.165) is 6.42 Å². The van der Waals surface area contributed by atoms with Crippen LogP contribution in [0.5, 0.6) is 0 Å². The van der Waals surface area contributed by atoms with Crippen LogP contribution in [0.4, 0.5) is 0 Å². The molecule has 1 aliphatic carbocycles. The fourth-order valence-corrected chi connectivity index (χ4v) is 2.17. The normalized spacial score (nSPS) is 17.4. The van der Waals surface area contributed by atoms with Gasteiger partial charge < -0.3 is 5.11 Å². The van der Waals surface area contributed by atoms with E-state index in [1.165, 1.54) is 32.1 Å². The summed E-state index contributed by atoms with van der Waals surface area (Å²) >= 11 is 0. The van der Waals surface area contributed by atoms with E-state index in [1.54, 1.807) is 0 Å². The van der Waals surface area contributed by atoms with E-state index in [0.29, 0.717) is 12.0 Å². The van der Waals surface area contributed by atoms with Gasteiger partial charge in [0.15, 0.2) is 0 Å². The first kappa shape index (κ1) is 18.1. The summed E-state index contributed by atoms with van der Waals surface area (Å²) in [4.78, 5) is 0. The minimum Gasteiger partial charge on any atom is -0.396 e. The third kappa shape index (κ3) is 7.05. The molecule has 0 aliphatic heterocycles. The zero-order valence-electron chi connectivity index (χ0n) is 12.1. The maximum absolute atomic E-state index is 9.29. The Morgan fingerprint density at radius 1 is 1.06 bits per heavy atom. The monoisotopic (exact) mass is 228 g/mol. The quantitative estimate of drug-likeness (QED) is 0.675. The molecule has 0 radical (unpaired) electrons. The van der Waals surface area contributed by atoms with Gasteiger partial charge in [-0.2, -0.15) is 0 Å². The van der Waals surface area contributed by atoms with Crippen LogP contribution < -0.4 is 0 Å². The molecule has 0 unspecified atom stereocenters. The Hall–Kier alpha value is -0.300. The average molecular weight is 228 g/mol. The van der Waals surface area contributed by atoms with E-state index in [-0.39, 0.29) is 0 Å². The first-order chi connectivity index (χ1) is 7.83. The van der Waals surface area contributed by atoms with Crippen LogP contribution in [0.1, 0.15) is 73.1 Å². The molecular weight excluding hydrogens is 196 g/mol. The van der Waals surface area contributed by atoms with Crippen molar-refractivity contribution in [3.8, 4) is 0 Å². The Morgan fingerprint density at radius 3 is 1.94 bits per heavy atom. The van der Waals surface area contributed by atoms with Gasteiger partial charge in [0.2, 0.25) is 0 Å². The molecule has 0 atom stereocenters. The van der Waals surface area contributed by atoms with Gasteiger partial charge in [-0.3, -0.25) is 0 Å². The van der Waals surface area contributed by atoms with E-state index in [1.807, 2.05) is 27.7 Å². The second-order valence-corrected chi connectivity index (χ2v) is 3.97. The molecule has 1 N–H and O–H groups in total. The maximum atomic E-state index is 9.29. The second-order valence-electron chi connectivity index (χ2n) is 3.97. The zero-order valence-corrected chi connectivity index (χ0v) is 12.1. The fraction of sp³-hybridized carbons (Fsp3) is 0.867. The molecule has 0 spiro atoms. The average Bonchev–Trinajstić information content (AvgIpc) is 2.84. The summed E-state index contributed by atoms with van der Waals surface area (Å²) in [5.41, 5.74) is 0.291. The van der Waals surface area contributed by atoms with Gasteiger partial charge in [-0.25, -0.2) is 0 Å². The zero-order chi connectivity index (χ0) is 12.9. The first-order valence-corrected chi connectivity index (χ1v) is 7.05. The van der Waals surface area contributed by atoms with Crippen LogP contribution >= 0.6 is 0 Å². The number of hydrogen-bond donors (Lipinski definition) is 1. The lowest BCUT2D eigenvalue weighted by molar-refractivity contribution is 0.122. The van der Waals surface area contributed by atoms with Crippen LogP contribution in [0.25, 0.3) is 0 Å². The van der Waals surface area contributed by atoms with Crippen molar-refractivity contribution in [2.45, 2.75) is 73.1 Å².